The SMILES string of the molecule is Cc1cc([C@@H](C)N(C)C(=O)N2CC[C@@H]3CNCC3C2c2ccccc2C)cc(C(F)(F)F)c1. The molecule has 2 fully saturated rings. The van der Waals surface area contributed by atoms with Crippen LogP contribution in [0.5, 0.6) is 0 Å². The van der Waals surface area contributed by atoms with E-state index in [4.69, 9.17) is 0 Å². The van der Waals surface area contributed by atoms with E-state index in [1.807, 2.05) is 17.0 Å². The van der Waals surface area contributed by atoms with Gasteiger partial charge in [0.2, 0.25) is 0 Å². The Hall–Kier alpha value is -2.54. The van der Waals surface area contributed by atoms with Crippen LogP contribution in [0.2, 0.25) is 0 Å². The maximum Gasteiger partial charge on any atom is 0.416 e. The minimum absolute atomic E-state index is 0.0506. The number of piperidine rings is 1. The Balaban J connectivity index is 1.64. The van der Waals surface area contributed by atoms with E-state index in [0.717, 1.165) is 42.8 Å². The van der Waals surface area contributed by atoms with Gasteiger partial charge in [-0.15, -0.1) is 0 Å². The number of hydrogen-bond acceptors (Lipinski definition) is 2. The number of carbonyl (C=O) groups is 1. The lowest BCUT2D eigenvalue weighted by Gasteiger charge is -2.45. The molecule has 0 radical (unpaired) electrons. The predicted molar refractivity (Wildman–Crippen MR) is 123 cm³/mol. The Bertz CT molecular complexity index is 1020. The summed E-state index contributed by atoms with van der Waals surface area (Å²) in [6, 6.07) is 11.5. The molecule has 4 rings (SSSR count). The molecular formula is C26H32F3N3O. The maximum atomic E-state index is 13.8. The molecule has 0 aromatic heterocycles. The quantitative estimate of drug-likeness (QED) is 0.638. The lowest BCUT2D eigenvalue weighted by Crippen LogP contribution is -2.51. The summed E-state index contributed by atoms with van der Waals surface area (Å²) < 4.78 is 40.1. The monoisotopic (exact) mass is 459 g/mol. The number of rotatable bonds is 3. The van der Waals surface area contributed by atoms with Crippen LogP contribution in [0.1, 0.15) is 53.2 Å². The Morgan fingerprint density at radius 3 is 2.58 bits per heavy atom. The van der Waals surface area contributed by atoms with Gasteiger partial charge in [-0.25, -0.2) is 4.79 Å². The van der Waals surface area contributed by atoms with Crippen LogP contribution in [-0.2, 0) is 6.18 Å². The molecule has 2 heterocycles. The summed E-state index contributed by atoms with van der Waals surface area (Å²) in [4.78, 5) is 17.3. The van der Waals surface area contributed by atoms with Crippen LogP contribution in [0.25, 0.3) is 0 Å². The number of hydrogen-bond donors (Lipinski definition) is 1. The second kappa shape index (κ2) is 9.01. The lowest BCUT2D eigenvalue weighted by molar-refractivity contribution is -0.137. The third-order valence-corrected chi connectivity index (χ3v) is 7.42. The topological polar surface area (TPSA) is 35.6 Å². The number of carbonyl (C=O) groups excluding carboxylic acids is 1. The summed E-state index contributed by atoms with van der Waals surface area (Å²) >= 11 is 0. The van der Waals surface area contributed by atoms with E-state index in [2.05, 4.69) is 24.4 Å². The number of urea groups is 1. The van der Waals surface area contributed by atoms with Crippen molar-refractivity contribution in [2.45, 2.75) is 45.5 Å². The summed E-state index contributed by atoms with van der Waals surface area (Å²) in [6.07, 6.45) is -3.49. The third-order valence-electron chi connectivity index (χ3n) is 7.42. The van der Waals surface area contributed by atoms with E-state index in [1.54, 1.807) is 31.9 Å². The Kier molecular flexibility index (Phi) is 6.45. The molecule has 0 bridgehead atoms. The van der Waals surface area contributed by atoms with Gasteiger partial charge in [0, 0.05) is 26.1 Å². The molecule has 0 saturated carbocycles. The van der Waals surface area contributed by atoms with Crippen molar-refractivity contribution in [2.24, 2.45) is 11.8 Å². The summed E-state index contributed by atoms with van der Waals surface area (Å²) in [7, 11) is 1.69. The van der Waals surface area contributed by atoms with Crippen molar-refractivity contribution in [1.82, 2.24) is 15.1 Å². The first-order valence-electron chi connectivity index (χ1n) is 11.6. The molecule has 0 aliphatic carbocycles. The highest BCUT2D eigenvalue weighted by molar-refractivity contribution is 5.75. The minimum Gasteiger partial charge on any atom is -0.321 e. The van der Waals surface area contributed by atoms with Crippen molar-refractivity contribution in [3.05, 3.63) is 70.3 Å². The number of nitrogens with zero attached hydrogens (tertiary/aromatic N) is 2. The van der Waals surface area contributed by atoms with E-state index in [0.29, 0.717) is 29.5 Å². The summed E-state index contributed by atoms with van der Waals surface area (Å²) in [5.74, 6) is 0.843. The number of fused-ring (bicyclic) bond motifs is 1. The zero-order valence-electron chi connectivity index (χ0n) is 19.6. The molecule has 2 aliphatic heterocycles. The molecule has 2 aromatic carbocycles. The molecule has 4 nitrogen and oxygen atoms in total. The fourth-order valence-electron chi connectivity index (χ4n) is 5.46. The van der Waals surface area contributed by atoms with E-state index in [9.17, 15) is 18.0 Å². The van der Waals surface area contributed by atoms with Gasteiger partial charge >= 0.3 is 12.2 Å². The van der Waals surface area contributed by atoms with Crippen LogP contribution in [0, 0.1) is 25.7 Å². The first-order valence-corrected chi connectivity index (χ1v) is 11.6. The van der Waals surface area contributed by atoms with Crippen molar-refractivity contribution in [3.63, 3.8) is 0 Å². The minimum atomic E-state index is -4.42. The van der Waals surface area contributed by atoms with Gasteiger partial charge in [0.1, 0.15) is 0 Å². The van der Waals surface area contributed by atoms with Gasteiger partial charge in [-0.1, -0.05) is 35.9 Å². The van der Waals surface area contributed by atoms with Gasteiger partial charge in [-0.2, -0.15) is 13.2 Å². The van der Waals surface area contributed by atoms with Crippen molar-refractivity contribution >= 4 is 6.03 Å². The second-order valence-electron chi connectivity index (χ2n) is 9.57. The molecule has 2 saturated heterocycles. The van der Waals surface area contributed by atoms with Crippen LogP contribution >= 0.6 is 0 Å². The summed E-state index contributed by atoms with van der Waals surface area (Å²) in [5.41, 5.74) is 2.64. The third kappa shape index (κ3) is 4.60. The van der Waals surface area contributed by atoms with Gasteiger partial charge < -0.3 is 15.1 Å². The van der Waals surface area contributed by atoms with Crippen molar-refractivity contribution in [1.29, 1.82) is 0 Å². The maximum absolute atomic E-state index is 13.8. The fraction of sp³-hybridized carbons (Fsp3) is 0.500. The zero-order chi connectivity index (χ0) is 23.9. The Labute approximate surface area is 193 Å². The Morgan fingerprint density at radius 2 is 1.88 bits per heavy atom. The van der Waals surface area contributed by atoms with E-state index in [1.165, 1.54) is 0 Å². The molecular weight excluding hydrogens is 427 g/mol. The van der Waals surface area contributed by atoms with Crippen LogP contribution in [0.15, 0.2) is 42.5 Å². The Morgan fingerprint density at radius 1 is 1.15 bits per heavy atom. The highest BCUT2D eigenvalue weighted by Gasteiger charge is 2.44. The molecule has 2 unspecified atom stereocenters. The standard InChI is InChI=1S/C26H32F3N3O/c1-16-11-20(13-21(12-16)26(27,28)29)18(3)31(4)25(33)32-10-9-19-14-30-15-23(19)24(32)22-8-6-5-7-17(22)2/h5-8,11-13,18-19,23-24,30H,9-10,14-15H2,1-4H3/t18-,19-,23?,24?/m1/s1. The van der Waals surface area contributed by atoms with Crippen LogP contribution < -0.4 is 5.32 Å². The first-order chi connectivity index (χ1) is 15.6. The van der Waals surface area contributed by atoms with Gasteiger partial charge in [-0.05, 0) is 68.5 Å². The average molecular weight is 460 g/mol. The fourth-order valence-corrected chi connectivity index (χ4v) is 5.46. The van der Waals surface area contributed by atoms with Gasteiger partial charge in [0.05, 0.1) is 17.6 Å². The van der Waals surface area contributed by atoms with Crippen molar-refractivity contribution in [2.75, 3.05) is 26.7 Å². The van der Waals surface area contributed by atoms with Crippen LogP contribution in [0.3, 0.4) is 0 Å². The van der Waals surface area contributed by atoms with Crippen LogP contribution in [-0.4, -0.2) is 42.5 Å². The zero-order valence-corrected chi connectivity index (χ0v) is 19.6. The number of halogens is 3. The average Bonchev–Trinajstić information content (AvgIpc) is 3.25. The number of benzene rings is 2. The molecule has 1 N–H and O–H groups in total. The first kappa shape index (κ1) is 23.6. The number of alkyl halides is 3. The molecule has 0 spiro atoms. The van der Waals surface area contributed by atoms with E-state index >= 15 is 0 Å². The number of aryl methyl sites for hydroxylation is 2. The summed E-state index contributed by atoms with van der Waals surface area (Å²) in [5, 5.41) is 3.49. The molecule has 2 aliphatic rings. The lowest BCUT2D eigenvalue weighted by atomic mass is 9.78. The summed E-state index contributed by atoms with van der Waals surface area (Å²) in [6.45, 7) is 7.98. The highest BCUT2D eigenvalue weighted by Crippen LogP contribution is 2.43. The molecule has 178 valence electrons. The molecule has 7 heteroatoms. The van der Waals surface area contributed by atoms with Gasteiger partial charge in [0.15, 0.2) is 0 Å². The smallest absolute Gasteiger partial charge is 0.321 e. The van der Waals surface area contributed by atoms with Gasteiger partial charge in [-0.3, -0.25) is 0 Å². The molecule has 2 aromatic rings. The molecule has 4 atom stereocenters. The normalized spacial score (nSPS) is 23.8. The van der Waals surface area contributed by atoms with Gasteiger partial charge in [0.25, 0.3) is 0 Å². The van der Waals surface area contributed by atoms with E-state index in [-0.39, 0.29) is 12.1 Å². The van der Waals surface area contributed by atoms with Crippen molar-refractivity contribution in [3.8, 4) is 0 Å². The number of likely N-dealkylation sites (tertiary alicyclic amines) is 1. The molecule has 2 amide bonds. The largest absolute Gasteiger partial charge is 0.416 e. The number of nitrogens with one attached hydrogen (secondary N) is 1. The van der Waals surface area contributed by atoms with Crippen LogP contribution in [0.4, 0.5) is 18.0 Å². The van der Waals surface area contributed by atoms with Crippen molar-refractivity contribution < 1.29 is 18.0 Å². The molecule has 33 heavy (non-hydrogen) atoms. The number of amides is 2. The van der Waals surface area contributed by atoms with E-state index < -0.39 is 17.8 Å². The second-order valence-corrected chi connectivity index (χ2v) is 9.57. The highest BCUT2D eigenvalue weighted by atomic mass is 19.4. The predicted octanol–water partition coefficient (Wildman–Crippen LogP) is 5.72.